The Bertz CT molecular complexity index is 980. The zero-order valence-corrected chi connectivity index (χ0v) is 19.5. The van der Waals surface area contributed by atoms with Crippen molar-refractivity contribution in [2.75, 3.05) is 12.0 Å². The number of carbonyl (C=O) groups excluding carboxylic acids is 1. The third-order valence-corrected chi connectivity index (χ3v) is 7.01. The Morgan fingerprint density at radius 2 is 1.90 bits per heavy atom. The molecule has 1 aromatic heterocycles. The maximum Gasteiger partial charge on any atom is 0.251 e. The van der Waals surface area contributed by atoms with Crippen LogP contribution in [0.1, 0.15) is 79.9 Å². The number of carbonyl (C=O) groups is 1. The van der Waals surface area contributed by atoms with Crippen LogP contribution in [-0.4, -0.2) is 30.9 Å². The Labute approximate surface area is 179 Å². The van der Waals surface area contributed by atoms with Gasteiger partial charge in [0.2, 0.25) is 0 Å². The number of sulfone groups is 1. The van der Waals surface area contributed by atoms with E-state index >= 15 is 0 Å². The SMILES string of the molecule is CCCCCC(CC)c1ccc(Cl)c2c1c(C(N)=O)c(C)n2CCCS(C)(=O)=O. The molecule has 5 nitrogen and oxygen atoms in total. The van der Waals surface area contributed by atoms with Gasteiger partial charge in [0.05, 0.1) is 21.9 Å². The highest BCUT2D eigenvalue weighted by Gasteiger charge is 2.25. The minimum absolute atomic E-state index is 0.0872. The third kappa shape index (κ3) is 5.54. The second kappa shape index (κ2) is 9.98. The summed E-state index contributed by atoms with van der Waals surface area (Å²) >= 11 is 6.58. The van der Waals surface area contributed by atoms with Crippen molar-refractivity contribution in [3.05, 3.63) is 34.0 Å². The number of unbranched alkanes of at least 4 members (excludes halogenated alkanes) is 2. The zero-order chi connectivity index (χ0) is 21.8. The van der Waals surface area contributed by atoms with Gasteiger partial charge in [-0.05, 0) is 43.7 Å². The smallest absolute Gasteiger partial charge is 0.251 e. The third-order valence-electron chi connectivity index (χ3n) is 5.68. The summed E-state index contributed by atoms with van der Waals surface area (Å²) < 4.78 is 25.1. The lowest BCUT2D eigenvalue weighted by molar-refractivity contribution is 0.100. The fourth-order valence-corrected chi connectivity index (χ4v) is 5.13. The number of aromatic nitrogens is 1. The first-order valence-electron chi connectivity index (χ1n) is 10.4. The minimum Gasteiger partial charge on any atom is -0.366 e. The van der Waals surface area contributed by atoms with Gasteiger partial charge in [0, 0.05) is 23.9 Å². The molecule has 0 saturated heterocycles. The molecular formula is C22H33ClN2O3S. The Balaban J connectivity index is 2.62. The number of rotatable bonds is 11. The summed E-state index contributed by atoms with van der Waals surface area (Å²) in [6, 6.07) is 3.91. The van der Waals surface area contributed by atoms with Crippen molar-refractivity contribution in [3.8, 4) is 0 Å². The Hall–Kier alpha value is -1.53. The van der Waals surface area contributed by atoms with Crippen molar-refractivity contribution in [1.82, 2.24) is 4.57 Å². The molecule has 2 aromatic rings. The Morgan fingerprint density at radius 3 is 2.45 bits per heavy atom. The molecule has 0 fully saturated rings. The second-order valence-corrected chi connectivity index (χ2v) is 10.6. The van der Waals surface area contributed by atoms with Crippen LogP contribution in [0.15, 0.2) is 12.1 Å². The van der Waals surface area contributed by atoms with Gasteiger partial charge < -0.3 is 10.3 Å². The monoisotopic (exact) mass is 440 g/mol. The maximum absolute atomic E-state index is 12.4. The number of nitrogens with two attached hydrogens (primary N) is 1. The topological polar surface area (TPSA) is 82.2 Å². The summed E-state index contributed by atoms with van der Waals surface area (Å²) in [5.41, 5.74) is 8.94. The van der Waals surface area contributed by atoms with Crippen molar-refractivity contribution in [2.45, 2.75) is 71.8 Å². The van der Waals surface area contributed by atoms with Gasteiger partial charge >= 0.3 is 0 Å². The van der Waals surface area contributed by atoms with E-state index in [9.17, 15) is 13.2 Å². The van der Waals surface area contributed by atoms with Crippen LogP contribution in [0, 0.1) is 6.92 Å². The molecular weight excluding hydrogens is 408 g/mol. The van der Waals surface area contributed by atoms with Crippen molar-refractivity contribution in [2.24, 2.45) is 5.73 Å². The average Bonchev–Trinajstić information content (AvgIpc) is 2.92. The molecule has 0 saturated carbocycles. The number of nitrogens with zero attached hydrogens (tertiary/aromatic N) is 1. The summed E-state index contributed by atoms with van der Waals surface area (Å²) in [6.45, 7) is 6.68. The van der Waals surface area contributed by atoms with Crippen LogP contribution in [0.25, 0.3) is 10.9 Å². The summed E-state index contributed by atoms with van der Waals surface area (Å²) in [6.07, 6.45) is 7.19. The van der Waals surface area contributed by atoms with Gasteiger partial charge in [-0.3, -0.25) is 4.79 Å². The Morgan fingerprint density at radius 1 is 1.21 bits per heavy atom. The van der Waals surface area contributed by atoms with E-state index in [4.69, 9.17) is 17.3 Å². The second-order valence-electron chi connectivity index (χ2n) is 7.92. The van der Waals surface area contributed by atoms with Crippen LogP contribution in [0.3, 0.4) is 0 Å². The molecule has 0 bridgehead atoms. The van der Waals surface area contributed by atoms with E-state index in [0.29, 0.717) is 29.5 Å². The van der Waals surface area contributed by atoms with E-state index in [0.717, 1.165) is 47.8 Å². The first-order chi connectivity index (χ1) is 13.6. The molecule has 0 spiro atoms. The number of fused-ring (bicyclic) bond motifs is 1. The van der Waals surface area contributed by atoms with E-state index in [1.165, 1.54) is 12.7 Å². The Kier molecular flexibility index (Phi) is 8.18. The number of benzene rings is 1. The van der Waals surface area contributed by atoms with Gasteiger partial charge in [-0.2, -0.15) is 0 Å². The molecule has 2 N–H and O–H groups in total. The van der Waals surface area contributed by atoms with Gasteiger partial charge in [-0.1, -0.05) is 50.8 Å². The molecule has 0 aliphatic carbocycles. The first-order valence-corrected chi connectivity index (χ1v) is 12.8. The lowest BCUT2D eigenvalue weighted by Crippen LogP contribution is -2.14. The molecule has 7 heteroatoms. The van der Waals surface area contributed by atoms with Gasteiger partial charge in [-0.15, -0.1) is 0 Å². The highest BCUT2D eigenvalue weighted by atomic mass is 35.5. The van der Waals surface area contributed by atoms with E-state index in [1.807, 2.05) is 23.6 Å². The molecule has 162 valence electrons. The van der Waals surface area contributed by atoms with Crippen molar-refractivity contribution in [1.29, 1.82) is 0 Å². The van der Waals surface area contributed by atoms with Crippen molar-refractivity contribution < 1.29 is 13.2 Å². The fraction of sp³-hybridized carbons (Fsp3) is 0.591. The lowest BCUT2D eigenvalue weighted by Gasteiger charge is -2.18. The number of primary amides is 1. The summed E-state index contributed by atoms with van der Waals surface area (Å²) in [5, 5.41) is 1.40. The van der Waals surface area contributed by atoms with Crippen molar-refractivity contribution in [3.63, 3.8) is 0 Å². The number of halogens is 1. The molecule has 0 aliphatic rings. The minimum atomic E-state index is -3.06. The van der Waals surface area contributed by atoms with Gasteiger partial charge in [0.15, 0.2) is 0 Å². The number of hydrogen-bond donors (Lipinski definition) is 1. The largest absolute Gasteiger partial charge is 0.366 e. The molecule has 1 unspecified atom stereocenters. The summed E-state index contributed by atoms with van der Waals surface area (Å²) in [5.74, 6) is -0.0591. The number of amides is 1. The van der Waals surface area contributed by atoms with Crippen LogP contribution >= 0.6 is 11.6 Å². The molecule has 29 heavy (non-hydrogen) atoms. The summed E-state index contributed by atoms with van der Waals surface area (Å²) in [4.78, 5) is 12.4. The maximum atomic E-state index is 12.4. The molecule has 0 aliphatic heterocycles. The number of aryl methyl sites for hydroxylation is 1. The van der Waals surface area contributed by atoms with Gasteiger partial charge in [-0.25, -0.2) is 8.42 Å². The lowest BCUT2D eigenvalue weighted by atomic mass is 9.87. The van der Waals surface area contributed by atoms with Crippen molar-refractivity contribution >= 4 is 38.2 Å². The predicted octanol–water partition coefficient (Wildman–Crippen LogP) is 5.21. The molecule has 2 rings (SSSR count). The highest BCUT2D eigenvalue weighted by Crippen LogP contribution is 2.39. The molecule has 1 heterocycles. The van der Waals surface area contributed by atoms with E-state index in [2.05, 4.69) is 13.8 Å². The highest BCUT2D eigenvalue weighted by molar-refractivity contribution is 7.90. The average molecular weight is 441 g/mol. The first kappa shape index (κ1) is 23.7. The van der Waals surface area contributed by atoms with Crippen LogP contribution in [0.5, 0.6) is 0 Å². The fourth-order valence-electron chi connectivity index (χ4n) is 4.22. The van der Waals surface area contributed by atoms with E-state index in [1.54, 1.807) is 0 Å². The van der Waals surface area contributed by atoms with Crippen LogP contribution in [-0.2, 0) is 16.4 Å². The van der Waals surface area contributed by atoms with Crippen LogP contribution in [0.2, 0.25) is 5.02 Å². The standard InChI is InChI=1S/C22H33ClN2O3S/c1-5-7-8-10-16(6-2)17-11-12-18(23)21-20(17)19(22(24)26)15(3)25(21)13-9-14-29(4,27)28/h11-12,16H,5-10,13-14H2,1-4H3,(H2,24,26). The zero-order valence-electron chi connectivity index (χ0n) is 17.9. The normalized spacial score (nSPS) is 13.1. The summed E-state index contributed by atoms with van der Waals surface area (Å²) in [7, 11) is -3.06. The van der Waals surface area contributed by atoms with E-state index < -0.39 is 15.7 Å². The van der Waals surface area contributed by atoms with E-state index in [-0.39, 0.29) is 5.75 Å². The van der Waals surface area contributed by atoms with Crippen LogP contribution in [0.4, 0.5) is 0 Å². The number of hydrogen-bond acceptors (Lipinski definition) is 3. The molecule has 1 amide bonds. The van der Waals surface area contributed by atoms with Gasteiger partial charge in [0.1, 0.15) is 9.84 Å². The quantitative estimate of drug-likeness (QED) is 0.487. The predicted molar refractivity (Wildman–Crippen MR) is 122 cm³/mol. The molecule has 1 atom stereocenters. The van der Waals surface area contributed by atoms with Gasteiger partial charge in [0.25, 0.3) is 5.91 Å². The molecule has 0 radical (unpaired) electrons. The van der Waals surface area contributed by atoms with Crippen LogP contribution < -0.4 is 5.73 Å². The molecule has 1 aromatic carbocycles.